The summed E-state index contributed by atoms with van der Waals surface area (Å²) in [5.74, 6) is 1.10. The lowest BCUT2D eigenvalue weighted by atomic mass is 10.1. The van der Waals surface area contributed by atoms with Crippen LogP contribution in [0.15, 0.2) is 71.5 Å². The van der Waals surface area contributed by atoms with Gasteiger partial charge in [-0.2, -0.15) is 0 Å². The van der Waals surface area contributed by atoms with Crippen LogP contribution in [0.3, 0.4) is 0 Å². The van der Waals surface area contributed by atoms with Crippen LogP contribution in [0.4, 0.5) is 0 Å². The third kappa shape index (κ3) is 3.67. The highest BCUT2D eigenvalue weighted by molar-refractivity contribution is 6.32. The number of aromatic nitrogens is 2. The lowest BCUT2D eigenvalue weighted by Crippen LogP contribution is -2.23. The molecule has 0 atom stereocenters. The molecule has 0 amide bonds. The van der Waals surface area contributed by atoms with Crippen LogP contribution in [0.5, 0.6) is 5.75 Å². The van der Waals surface area contributed by atoms with Crippen LogP contribution in [0.2, 0.25) is 5.02 Å². The molecule has 0 radical (unpaired) electrons. The highest BCUT2D eigenvalue weighted by Crippen LogP contribution is 2.26. The Hall–Kier alpha value is -3.37. The van der Waals surface area contributed by atoms with E-state index in [2.05, 4.69) is 0 Å². The van der Waals surface area contributed by atoms with E-state index >= 15 is 0 Å². The van der Waals surface area contributed by atoms with Crippen molar-refractivity contribution in [2.75, 3.05) is 7.11 Å². The molecule has 4 rings (SSSR count). The second-order valence-electron chi connectivity index (χ2n) is 6.66. The van der Waals surface area contributed by atoms with Crippen LogP contribution in [0.1, 0.15) is 17.0 Å². The van der Waals surface area contributed by atoms with Crippen LogP contribution < -0.4 is 10.3 Å². The molecule has 3 aromatic carbocycles. The van der Waals surface area contributed by atoms with Gasteiger partial charge in [-0.3, -0.25) is 9.36 Å². The fourth-order valence-electron chi connectivity index (χ4n) is 3.24. The van der Waals surface area contributed by atoms with Crippen LogP contribution in [-0.4, -0.2) is 16.7 Å². The smallest absolute Gasteiger partial charge is 0.266 e. The van der Waals surface area contributed by atoms with Crippen molar-refractivity contribution in [1.82, 2.24) is 9.55 Å². The fourth-order valence-corrected chi connectivity index (χ4v) is 3.44. The van der Waals surface area contributed by atoms with Gasteiger partial charge in [-0.05, 0) is 60.5 Å². The van der Waals surface area contributed by atoms with Crippen molar-refractivity contribution in [2.45, 2.75) is 6.92 Å². The van der Waals surface area contributed by atoms with Crippen molar-refractivity contribution in [1.29, 1.82) is 0 Å². The first-order valence-corrected chi connectivity index (χ1v) is 9.55. The van der Waals surface area contributed by atoms with Crippen molar-refractivity contribution < 1.29 is 4.74 Å². The first kappa shape index (κ1) is 19.0. The quantitative estimate of drug-likeness (QED) is 0.451. The van der Waals surface area contributed by atoms with Crippen molar-refractivity contribution in [2.24, 2.45) is 0 Å². The predicted octanol–water partition coefficient (Wildman–Crippen LogP) is 5.53. The Morgan fingerprint density at radius 1 is 1.00 bits per heavy atom. The van der Waals surface area contributed by atoms with Gasteiger partial charge in [-0.1, -0.05) is 48.0 Å². The van der Waals surface area contributed by atoms with Gasteiger partial charge in [-0.25, -0.2) is 4.98 Å². The van der Waals surface area contributed by atoms with Gasteiger partial charge in [-0.15, -0.1) is 0 Å². The summed E-state index contributed by atoms with van der Waals surface area (Å²) in [7, 11) is 1.59. The van der Waals surface area contributed by atoms with E-state index in [1.165, 1.54) is 0 Å². The molecule has 0 aliphatic rings. The molecule has 0 spiro atoms. The van der Waals surface area contributed by atoms with Gasteiger partial charge in [0.05, 0.1) is 23.7 Å². The zero-order chi connectivity index (χ0) is 20.4. The Labute approximate surface area is 173 Å². The zero-order valence-corrected chi connectivity index (χ0v) is 16.9. The summed E-state index contributed by atoms with van der Waals surface area (Å²) in [4.78, 5) is 18.2. The molecule has 0 bridgehead atoms. The Bertz CT molecular complexity index is 1290. The van der Waals surface area contributed by atoms with Crippen molar-refractivity contribution in [3.63, 3.8) is 0 Å². The van der Waals surface area contributed by atoms with E-state index in [4.69, 9.17) is 21.3 Å². The van der Waals surface area contributed by atoms with Crippen LogP contribution in [-0.2, 0) is 0 Å². The zero-order valence-electron chi connectivity index (χ0n) is 16.1. The van der Waals surface area contributed by atoms with E-state index < -0.39 is 0 Å². The molecule has 0 N–H and O–H groups in total. The Morgan fingerprint density at radius 3 is 2.55 bits per heavy atom. The molecule has 29 heavy (non-hydrogen) atoms. The minimum absolute atomic E-state index is 0.154. The van der Waals surface area contributed by atoms with Gasteiger partial charge in [0.2, 0.25) is 0 Å². The largest absolute Gasteiger partial charge is 0.495 e. The number of ether oxygens (including phenoxy) is 1. The van der Waals surface area contributed by atoms with E-state index in [-0.39, 0.29) is 5.56 Å². The molecule has 5 heteroatoms. The third-order valence-corrected chi connectivity index (χ3v) is 5.04. The van der Waals surface area contributed by atoms with E-state index in [1.807, 2.05) is 73.7 Å². The SMILES string of the molecule is COc1ccc(C)cc1-n1c(/C=C/c2ccccc2Cl)nc2ccccc2c1=O. The highest BCUT2D eigenvalue weighted by atomic mass is 35.5. The summed E-state index contributed by atoms with van der Waals surface area (Å²) in [5, 5.41) is 1.18. The van der Waals surface area contributed by atoms with Crippen LogP contribution in [0.25, 0.3) is 28.7 Å². The van der Waals surface area contributed by atoms with E-state index in [1.54, 1.807) is 23.8 Å². The monoisotopic (exact) mass is 402 g/mol. The molecule has 4 nitrogen and oxygen atoms in total. The maximum absolute atomic E-state index is 13.4. The first-order chi connectivity index (χ1) is 14.1. The molecule has 1 heterocycles. The number of aryl methyl sites for hydroxylation is 1. The Kier molecular flexibility index (Phi) is 5.19. The number of benzene rings is 3. The average molecular weight is 403 g/mol. The van der Waals surface area contributed by atoms with Gasteiger partial charge in [0.1, 0.15) is 11.6 Å². The van der Waals surface area contributed by atoms with Crippen molar-refractivity contribution in [3.8, 4) is 11.4 Å². The van der Waals surface area contributed by atoms with Gasteiger partial charge in [0, 0.05) is 5.02 Å². The molecular formula is C24H19ClN2O2. The number of hydrogen-bond acceptors (Lipinski definition) is 3. The molecule has 0 saturated heterocycles. The molecule has 0 aliphatic carbocycles. The number of methoxy groups -OCH3 is 1. The third-order valence-electron chi connectivity index (χ3n) is 4.69. The normalized spacial score (nSPS) is 11.3. The molecule has 0 unspecified atom stereocenters. The number of halogens is 1. The van der Waals surface area contributed by atoms with Crippen molar-refractivity contribution in [3.05, 3.63) is 99.1 Å². The standard InChI is InChI=1S/C24H19ClN2O2/c1-16-11-13-22(29-2)21(15-16)27-23(14-12-17-7-3-5-9-19(17)25)26-20-10-6-4-8-18(20)24(27)28/h3-15H,1-2H3/b14-12+. The lowest BCUT2D eigenvalue weighted by molar-refractivity contribution is 0.412. The maximum Gasteiger partial charge on any atom is 0.266 e. The average Bonchev–Trinajstić information content (AvgIpc) is 2.73. The number of para-hydroxylation sites is 1. The summed E-state index contributed by atoms with van der Waals surface area (Å²) in [6.45, 7) is 1.97. The Morgan fingerprint density at radius 2 is 1.76 bits per heavy atom. The number of rotatable bonds is 4. The molecule has 0 saturated carbocycles. The van der Waals surface area contributed by atoms with E-state index in [0.29, 0.717) is 33.2 Å². The van der Waals surface area contributed by atoms with Crippen LogP contribution in [0, 0.1) is 6.92 Å². The fraction of sp³-hybridized carbons (Fsp3) is 0.0833. The van der Waals surface area contributed by atoms with E-state index in [9.17, 15) is 4.79 Å². The van der Waals surface area contributed by atoms with Gasteiger partial charge in [0.25, 0.3) is 5.56 Å². The molecule has 4 aromatic rings. The number of hydrogen-bond donors (Lipinski definition) is 0. The number of nitrogens with zero attached hydrogens (tertiary/aromatic N) is 2. The van der Waals surface area contributed by atoms with Gasteiger partial charge < -0.3 is 4.74 Å². The molecule has 0 aliphatic heterocycles. The minimum atomic E-state index is -0.154. The highest BCUT2D eigenvalue weighted by Gasteiger charge is 2.15. The van der Waals surface area contributed by atoms with Crippen molar-refractivity contribution >= 4 is 34.7 Å². The molecular weight excluding hydrogens is 384 g/mol. The Balaban J connectivity index is 2.01. The predicted molar refractivity (Wildman–Crippen MR) is 119 cm³/mol. The topological polar surface area (TPSA) is 44.1 Å². The van der Waals surface area contributed by atoms with Crippen LogP contribution >= 0.6 is 11.6 Å². The lowest BCUT2D eigenvalue weighted by Gasteiger charge is -2.15. The van der Waals surface area contributed by atoms with E-state index in [0.717, 1.165) is 11.1 Å². The summed E-state index contributed by atoms with van der Waals surface area (Å²) < 4.78 is 7.11. The molecule has 144 valence electrons. The number of fused-ring (bicyclic) bond motifs is 1. The molecule has 1 aromatic heterocycles. The second-order valence-corrected chi connectivity index (χ2v) is 7.07. The first-order valence-electron chi connectivity index (χ1n) is 9.18. The van der Waals surface area contributed by atoms with Gasteiger partial charge >= 0.3 is 0 Å². The molecule has 0 fully saturated rings. The van der Waals surface area contributed by atoms with Gasteiger partial charge in [0.15, 0.2) is 0 Å². The second kappa shape index (κ2) is 7.94. The summed E-state index contributed by atoms with van der Waals surface area (Å²) in [5.41, 5.74) is 2.99. The minimum Gasteiger partial charge on any atom is -0.495 e. The summed E-state index contributed by atoms with van der Waals surface area (Å²) in [6.07, 6.45) is 3.66. The summed E-state index contributed by atoms with van der Waals surface area (Å²) >= 11 is 6.28. The summed E-state index contributed by atoms with van der Waals surface area (Å²) in [6, 6.07) is 20.6. The maximum atomic E-state index is 13.4.